The van der Waals surface area contributed by atoms with Crippen LogP contribution in [0.1, 0.15) is 32.6 Å². The number of ether oxygens (including phenoxy) is 1. The summed E-state index contributed by atoms with van der Waals surface area (Å²) in [5, 5.41) is 2.40. The number of nitrogens with one attached hydrogen (secondary N) is 2. The number of imidazole rings is 1. The van der Waals surface area contributed by atoms with Crippen molar-refractivity contribution in [2.24, 2.45) is 0 Å². The second-order valence-electron chi connectivity index (χ2n) is 4.23. The Balaban J connectivity index is 2.58. The molecular weight excluding hydrogens is 210 g/mol. The third-order valence-corrected chi connectivity index (χ3v) is 1.62. The highest BCUT2D eigenvalue weighted by Crippen LogP contribution is 2.09. The number of carbonyl (C=O) groups excluding carboxylic acids is 2. The summed E-state index contributed by atoms with van der Waals surface area (Å²) in [7, 11) is 0. The van der Waals surface area contributed by atoms with Gasteiger partial charge < -0.3 is 19.8 Å². The minimum Gasteiger partial charge on any atom is -0.444 e. The predicted molar refractivity (Wildman–Crippen MR) is 56.8 cm³/mol. The van der Waals surface area contributed by atoms with Gasteiger partial charge in [-0.15, -0.1) is 0 Å². The zero-order valence-electron chi connectivity index (χ0n) is 9.48. The van der Waals surface area contributed by atoms with E-state index in [0.29, 0.717) is 12.1 Å². The van der Waals surface area contributed by atoms with Gasteiger partial charge in [-0.2, -0.15) is 0 Å². The molecule has 0 aromatic carbocycles. The van der Waals surface area contributed by atoms with Crippen molar-refractivity contribution in [3.8, 4) is 0 Å². The molecule has 16 heavy (non-hydrogen) atoms. The van der Waals surface area contributed by atoms with Crippen LogP contribution in [0.25, 0.3) is 0 Å². The van der Waals surface area contributed by atoms with Gasteiger partial charge in [-0.25, -0.2) is 9.78 Å². The van der Waals surface area contributed by atoms with Crippen LogP contribution >= 0.6 is 0 Å². The Kier molecular flexibility index (Phi) is 3.65. The molecule has 1 atom stereocenters. The van der Waals surface area contributed by atoms with Crippen molar-refractivity contribution in [3.63, 3.8) is 0 Å². The van der Waals surface area contributed by atoms with Crippen LogP contribution in [0.3, 0.4) is 0 Å². The molecule has 88 valence electrons. The molecule has 0 saturated carbocycles. The Morgan fingerprint density at radius 3 is 2.75 bits per heavy atom. The third-order valence-electron chi connectivity index (χ3n) is 1.62. The zero-order chi connectivity index (χ0) is 12.2. The molecule has 1 aromatic rings. The Bertz CT molecular complexity index is 354. The highest BCUT2D eigenvalue weighted by atomic mass is 16.6. The Morgan fingerprint density at radius 2 is 2.31 bits per heavy atom. The van der Waals surface area contributed by atoms with Crippen molar-refractivity contribution >= 4 is 12.4 Å². The van der Waals surface area contributed by atoms with Crippen molar-refractivity contribution in [2.45, 2.75) is 32.4 Å². The molecule has 6 heteroatoms. The molecule has 0 aliphatic rings. The fourth-order valence-electron chi connectivity index (χ4n) is 1.05. The van der Waals surface area contributed by atoms with Crippen molar-refractivity contribution in [1.29, 1.82) is 0 Å². The molecule has 0 aliphatic carbocycles. The molecule has 0 saturated heterocycles. The van der Waals surface area contributed by atoms with Gasteiger partial charge in [0.1, 0.15) is 23.8 Å². The van der Waals surface area contributed by atoms with Crippen molar-refractivity contribution < 1.29 is 14.3 Å². The van der Waals surface area contributed by atoms with Gasteiger partial charge in [0.05, 0.1) is 0 Å². The summed E-state index contributed by atoms with van der Waals surface area (Å²) >= 11 is 0. The monoisotopic (exact) mass is 225 g/mol. The van der Waals surface area contributed by atoms with E-state index in [1.165, 1.54) is 6.20 Å². The lowest BCUT2D eigenvalue weighted by atomic mass is 10.2. The fraction of sp³-hybridized carbons (Fsp3) is 0.500. The fourth-order valence-corrected chi connectivity index (χ4v) is 1.05. The van der Waals surface area contributed by atoms with Crippen LogP contribution in [0.4, 0.5) is 4.79 Å². The number of amides is 1. The van der Waals surface area contributed by atoms with E-state index in [-0.39, 0.29) is 0 Å². The van der Waals surface area contributed by atoms with E-state index in [1.807, 2.05) is 0 Å². The lowest BCUT2D eigenvalue weighted by Gasteiger charge is -2.20. The lowest BCUT2D eigenvalue weighted by molar-refractivity contribution is -0.109. The zero-order valence-corrected chi connectivity index (χ0v) is 9.48. The van der Waals surface area contributed by atoms with Crippen LogP contribution in [0.2, 0.25) is 0 Å². The molecule has 2 N–H and O–H groups in total. The Morgan fingerprint density at radius 1 is 1.62 bits per heavy atom. The molecule has 1 heterocycles. The summed E-state index contributed by atoms with van der Waals surface area (Å²) < 4.78 is 5.02. The van der Waals surface area contributed by atoms with Crippen molar-refractivity contribution in [2.75, 3.05) is 0 Å². The Labute approximate surface area is 93.4 Å². The number of alkyl carbamates (subject to hydrolysis) is 1. The molecule has 6 nitrogen and oxygen atoms in total. The molecule has 0 aliphatic heterocycles. The normalized spacial score (nSPS) is 12.9. The molecule has 0 radical (unpaired) electrons. The number of nitrogens with zero attached hydrogens (tertiary/aromatic N) is 1. The largest absolute Gasteiger partial charge is 0.444 e. The SMILES string of the molecule is CC(C)(C)OC(=O)NC(C=O)c1ncc[nH]1. The summed E-state index contributed by atoms with van der Waals surface area (Å²) in [6.07, 6.45) is 3.01. The summed E-state index contributed by atoms with van der Waals surface area (Å²) in [5.74, 6) is 0.376. The minimum atomic E-state index is -0.815. The maximum atomic E-state index is 11.4. The minimum absolute atomic E-state index is 0.376. The van der Waals surface area contributed by atoms with Gasteiger partial charge in [-0.05, 0) is 20.8 Å². The van der Waals surface area contributed by atoms with E-state index in [2.05, 4.69) is 15.3 Å². The average Bonchev–Trinajstić information content (AvgIpc) is 2.63. The van der Waals surface area contributed by atoms with Crippen LogP contribution in [-0.4, -0.2) is 27.9 Å². The smallest absolute Gasteiger partial charge is 0.408 e. The van der Waals surface area contributed by atoms with E-state index in [1.54, 1.807) is 27.0 Å². The van der Waals surface area contributed by atoms with E-state index in [0.717, 1.165) is 0 Å². The van der Waals surface area contributed by atoms with Gasteiger partial charge in [0.15, 0.2) is 0 Å². The number of rotatable bonds is 3. The van der Waals surface area contributed by atoms with Crippen molar-refractivity contribution in [3.05, 3.63) is 18.2 Å². The first kappa shape index (κ1) is 12.2. The van der Waals surface area contributed by atoms with Gasteiger partial charge in [-0.3, -0.25) is 0 Å². The number of H-pyrrole nitrogens is 1. The number of aldehydes is 1. The number of aromatic nitrogens is 2. The molecular formula is C10H15N3O3. The maximum absolute atomic E-state index is 11.4. The highest BCUT2D eigenvalue weighted by molar-refractivity contribution is 5.73. The van der Waals surface area contributed by atoms with Gasteiger partial charge in [0.25, 0.3) is 0 Å². The van der Waals surface area contributed by atoms with Crippen LogP contribution in [0.5, 0.6) is 0 Å². The second kappa shape index (κ2) is 4.78. The molecule has 1 rings (SSSR count). The van der Waals surface area contributed by atoms with Gasteiger partial charge in [-0.1, -0.05) is 0 Å². The molecule has 1 aromatic heterocycles. The van der Waals surface area contributed by atoms with Crippen LogP contribution in [0.15, 0.2) is 12.4 Å². The first-order valence-electron chi connectivity index (χ1n) is 4.86. The van der Waals surface area contributed by atoms with E-state index in [4.69, 9.17) is 4.74 Å². The molecule has 0 spiro atoms. The van der Waals surface area contributed by atoms with E-state index < -0.39 is 17.7 Å². The number of hydrogen-bond donors (Lipinski definition) is 2. The maximum Gasteiger partial charge on any atom is 0.408 e. The second-order valence-corrected chi connectivity index (χ2v) is 4.23. The predicted octanol–water partition coefficient (Wildman–Crippen LogP) is 1.17. The topological polar surface area (TPSA) is 84.1 Å². The van der Waals surface area contributed by atoms with E-state index >= 15 is 0 Å². The van der Waals surface area contributed by atoms with Gasteiger partial charge in [0.2, 0.25) is 0 Å². The van der Waals surface area contributed by atoms with E-state index in [9.17, 15) is 9.59 Å². The molecule has 1 unspecified atom stereocenters. The van der Waals surface area contributed by atoms with Crippen molar-refractivity contribution in [1.82, 2.24) is 15.3 Å². The third kappa shape index (κ3) is 3.72. The number of hydrogen-bond acceptors (Lipinski definition) is 4. The number of aromatic amines is 1. The summed E-state index contributed by atoms with van der Waals surface area (Å²) in [4.78, 5) is 28.8. The van der Waals surface area contributed by atoms with Gasteiger partial charge >= 0.3 is 6.09 Å². The molecule has 1 amide bonds. The van der Waals surface area contributed by atoms with Gasteiger partial charge in [0, 0.05) is 12.4 Å². The highest BCUT2D eigenvalue weighted by Gasteiger charge is 2.21. The molecule has 0 bridgehead atoms. The van der Waals surface area contributed by atoms with Crippen LogP contribution < -0.4 is 5.32 Å². The Hall–Kier alpha value is -1.85. The first-order chi connectivity index (χ1) is 7.42. The lowest BCUT2D eigenvalue weighted by Crippen LogP contribution is -2.35. The average molecular weight is 225 g/mol. The first-order valence-corrected chi connectivity index (χ1v) is 4.86. The molecule has 0 fully saturated rings. The van der Waals surface area contributed by atoms with Crippen LogP contribution in [-0.2, 0) is 9.53 Å². The summed E-state index contributed by atoms with van der Waals surface area (Å²) in [5.41, 5.74) is -0.597. The number of carbonyl (C=O) groups is 2. The standard InChI is InChI=1S/C10H15N3O3/c1-10(2,3)16-9(15)13-7(6-14)8-11-4-5-12-8/h4-7H,1-3H3,(H,11,12)(H,13,15). The summed E-state index contributed by atoms with van der Waals surface area (Å²) in [6.45, 7) is 5.24. The van der Waals surface area contributed by atoms with Crippen LogP contribution in [0, 0.1) is 0 Å². The summed E-state index contributed by atoms with van der Waals surface area (Å²) in [6, 6.07) is -0.815. The quantitative estimate of drug-likeness (QED) is 0.756.